The van der Waals surface area contributed by atoms with Crippen LogP contribution in [0.15, 0.2) is 48.5 Å². The molecule has 0 saturated carbocycles. The summed E-state index contributed by atoms with van der Waals surface area (Å²) in [6, 6.07) is 14.0. The summed E-state index contributed by atoms with van der Waals surface area (Å²) in [7, 11) is 0. The van der Waals surface area contributed by atoms with E-state index in [1.807, 2.05) is 24.3 Å². The second-order valence-electron chi connectivity index (χ2n) is 4.58. The minimum absolute atomic E-state index is 0.168. The van der Waals surface area contributed by atoms with Gasteiger partial charge in [0.2, 0.25) is 0 Å². The van der Waals surface area contributed by atoms with E-state index in [-0.39, 0.29) is 11.9 Å². The van der Waals surface area contributed by atoms with Gasteiger partial charge in [-0.05, 0) is 54.8 Å². The van der Waals surface area contributed by atoms with Crippen LogP contribution in [0.5, 0.6) is 11.5 Å². The molecule has 2 aromatic carbocycles. The summed E-state index contributed by atoms with van der Waals surface area (Å²) in [4.78, 5) is 0. The van der Waals surface area contributed by atoms with Gasteiger partial charge in [-0.3, -0.25) is 0 Å². The topological polar surface area (TPSA) is 35.2 Å². The zero-order valence-corrected chi connectivity index (χ0v) is 11.0. The van der Waals surface area contributed by atoms with Crippen LogP contribution in [0, 0.1) is 5.82 Å². The Kier molecular flexibility index (Phi) is 4.53. The van der Waals surface area contributed by atoms with Gasteiger partial charge in [-0.2, -0.15) is 0 Å². The molecular weight excluding hydrogens is 241 g/mol. The first-order valence-electron chi connectivity index (χ1n) is 6.45. The Bertz CT molecular complexity index is 525. The van der Waals surface area contributed by atoms with Gasteiger partial charge in [0.15, 0.2) is 0 Å². The van der Waals surface area contributed by atoms with Gasteiger partial charge in [0.05, 0.1) is 0 Å². The zero-order valence-electron chi connectivity index (χ0n) is 11.0. The summed E-state index contributed by atoms with van der Waals surface area (Å²) in [6.07, 6.45) is 1.78. The molecule has 0 aliphatic heterocycles. The molecule has 0 aliphatic rings. The molecule has 0 aromatic heterocycles. The fraction of sp³-hybridized carbons (Fsp3) is 0.250. The van der Waals surface area contributed by atoms with Gasteiger partial charge < -0.3 is 10.5 Å². The van der Waals surface area contributed by atoms with E-state index in [0.29, 0.717) is 5.75 Å². The number of halogens is 1. The van der Waals surface area contributed by atoms with E-state index in [0.717, 1.165) is 24.2 Å². The Balaban J connectivity index is 2.08. The van der Waals surface area contributed by atoms with Crippen LogP contribution in [-0.4, -0.2) is 6.04 Å². The Hall–Kier alpha value is -1.87. The lowest BCUT2D eigenvalue weighted by molar-refractivity contribution is 0.479. The highest BCUT2D eigenvalue weighted by Gasteiger charge is 2.03. The Morgan fingerprint density at radius 1 is 1.11 bits per heavy atom. The van der Waals surface area contributed by atoms with Crippen LogP contribution >= 0.6 is 0 Å². The van der Waals surface area contributed by atoms with E-state index in [4.69, 9.17) is 10.5 Å². The summed E-state index contributed by atoms with van der Waals surface area (Å²) in [5.74, 6) is 1.10. The quantitative estimate of drug-likeness (QED) is 0.883. The maximum Gasteiger partial charge on any atom is 0.127 e. The van der Waals surface area contributed by atoms with Crippen molar-refractivity contribution < 1.29 is 9.13 Å². The third kappa shape index (κ3) is 4.07. The molecule has 3 heteroatoms. The largest absolute Gasteiger partial charge is 0.457 e. The molecule has 2 rings (SSSR count). The minimum atomic E-state index is -0.268. The maximum atomic E-state index is 12.8. The Morgan fingerprint density at radius 3 is 2.53 bits per heavy atom. The van der Waals surface area contributed by atoms with Crippen LogP contribution in [0.2, 0.25) is 0 Å². The van der Waals surface area contributed by atoms with Crippen molar-refractivity contribution >= 4 is 0 Å². The van der Waals surface area contributed by atoms with Crippen molar-refractivity contribution in [1.82, 2.24) is 0 Å². The Morgan fingerprint density at radius 2 is 1.84 bits per heavy atom. The molecule has 2 aromatic rings. The van der Waals surface area contributed by atoms with Gasteiger partial charge >= 0.3 is 0 Å². The SMILES string of the molecule is CCC(N)Cc1cccc(Oc2ccc(F)cc2)c1. The lowest BCUT2D eigenvalue weighted by atomic mass is 10.0. The van der Waals surface area contributed by atoms with Crippen LogP contribution in [0.25, 0.3) is 0 Å². The third-order valence-corrected chi connectivity index (χ3v) is 2.97. The van der Waals surface area contributed by atoms with Crippen LogP contribution < -0.4 is 10.5 Å². The monoisotopic (exact) mass is 259 g/mol. The lowest BCUT2D eigenvalue weighted by Crippen LogP contribution is -2.21. The van der Waals surface area contributed by atoms with E-state index in [2.05, 4.69) is 6.92 Å². The highest BCUT2D eigenvalue weighted by atomic mass is 19.1. The highest BCUT2D eigenvalue weighted by molar-refractivity contribution is 5.34. The van der Waals surface area contributed by atoms with Gasteiger partial charge in [0.25, 0.3) is 0 Å². The van der Waals surface area contributed by atoms with E-state index >= 15 is 0 Å². The molecular formula is C16H18FNO. The van der Waals surface area contributed by atoms with Gasteiger partial charge in [-0.15, -0.1) is 0 Å². The van der Waals surface area contributed by atoms with Crippen molar-refractivity contribution in [3.8, 4) is 11.5 Å². The van der Waals surface area contributed by atoms with Gasteiger partial charge in [0, 0.05) is 6.04 Å². The fourth-order valence-electron chi connectivity index (χ4n) is 1.82. The molecule has 0 heterocycles. The van der Waals surface area contributed by atoms with Gasteiger partial charge in [-0.25, -0.2) is 4.39 Å². The average molecular weight is 259 g/mol. The number of ether oxygens (including phenoxy) is 1. The Labute approximate surface area is 113 Å². The van der Waals surface area contributed by atoms with Crippen molar-refractivity contribution in [2.75, 3.05) is 0 Å². The summed E-state index contributed by atoms with van der Waals surface area (Å²) >= 11 is 0. The molecule has 2 N–H and O–H groups in total. The minimum Gasteiger partial charge on any atom is -0.457 e. The summed E-state index contributed by atoms with van der Waals surface area (Å²) < 4.78 is 18.5. The summed E-state index contributed by atoms with van der Waals surface area (Å²) in [5, 5.41) is 0. The van der Waals surface area contributed by atoms with E-state index in [9.17, 15) is 4.39 Å². The van der Waals surface area contributed by atoms with Crippen molar-refractivity contribution in [3.63, 3.8) is 0 Å². The number of hydrogen-bond donors (Lipinski definition) is 1. The van der Waals surface area contributed by atoms with Gasteiger partial charge in [-0.1, -0.05) is 19.1 Å². The molecule has 0 bridgehead atoms. The molecule has 0 radical (unpaired) electrons. The molecule has 0 saturated heterocycles. The van der Waals surface area contributed by atoms with E-state index in [1.165, 1.54) is 12.1 Å². The van der Waals surface area contributed by atoms with Crippen LogP contribution in [0.4, 0.5) is 4.39 Å². The van der Waals surface area contributed by atoms with Crippen molar-refractivity contribution in [2.45, 2.75) is 25.8 Å². The van der Waals surface area contributed by atoms with E-state index < -0.39 is 0 Å². The van der Waals surface area contributed by atoms with Crippen LogP contribution in [0.1, 0.15) is 18.9 Å². The zero-order chi connectivity index (χ0) is 13.7. The summed E-state index contributed by atoms with van der Waals surface area (Å²) in [5.41, 5.74) is 7.09. The van der Waals surface area contributed by atoms with Crippen LogP contribution in [0.3, 0.4) is 0 Å². The predicted octanol–water partition coefficient (Wildman–Crippen LogP) is 3.90. The first-order chi connectivity index (χ1) is 9.17. The average Bonchev–Trinajstić information content (AvgIpc) is 2.42. The lowest BCUT2D eigenvalue weighted by Gasteiger charge is -2.10. The molecule has 2 nitrogen and oxygen atoms in total. The predicted molar refractivity (Wildman–Crippen MR) is 74.9 cm³/mol. The smallest absolute Gasteiger partial charge is 0.127 e. The van der Waals surface area contributed by atoms with Gasteiger partial charge in [0.1, 0.15) is 17.3 Å². The number of hydrogen-bond acceptors (Lipinski definition) is 2. The molecule has 0 amide bonds. The fourth-order valence-corrected chi connectivity index (χ4v) is 1.82. The van der Waals surface area contributed by atoms with E-state index in [1.54, 1.807) is 12.1 Å². The first kappa shape index (κ1) is 13.6. The molecule has 0 aliphatic carbocycles. The molecule has 19 heavy (non-hydrogen) atoms. The molecule has 1 unspecified atom stereocenters. The number of nitrogens with two attached hydrogens (primary N) is 1. The molecule has 100 valence electrons. The second-order valence-corrected chi connectivity index (χ2v) is 4.58. The van der Waals surface area contributed by atoms with Crippen LogP contribution in [-0.2, 0) is 6.42 Å². The van der Waals surface area contributed by atoms with Crippen molar-refractivity contribution in [1.29, 1.82) is 0 Å². The summed E-state index contributed by atoms with van der Waals surface area (Å²) in [6.45, 7) is 2.07. The van der Waals surface area contributed by atoms with Crippen molar-refractivity contribution in [2.24, 2.45) is 5.73 Å². The third-order valence-electron chi connectivity index (χ3n) is 2.97. The molecule has 1 atom stereocenters. The number of benzene rings is 2. The van der Waals surface area contributed by atoms with Crippen molar-refractivity contribution in [3.05, 3.63) is 59.9 Å². The highest BCUT2D eigenvalue weighted by Crippen LogP contribution is 2.22. The first-order valence-corrected chi connectivity index (χ1v) is 6.45. The molecule has 0 fully saturated rings. The normalized spacial score (nSPS) is 12.2. The standard InChI is InChI=1S/C16H18FNO/c1-2-14(18)10-12-4-3-5-16(11-12)19-15-8-6-13(17)7-9-15/h3-9,11,14H,2,10,18H2,1H3. The number of rotatable bonds is 5. The second kappa shape index (κ2) is 6.34. The molecule has 0 spiro atoms. The maximum absolute atomic E-state index is 12.8.